The Morgan fingerprint density at radius 2 is 2.50 bits per heavy atom. The smallest absolute Gasteiger partial charge is 0.0756 e. The van der Waals surface area contributed by atoms with Crippen LogP contribution in [0.25, 0.3) is 0 Å². The maximum absolute atomic E-state index is 9.46. The molecule has 1 unspecified atom stereocenters. The summed E-state index contributed by atoms with van der Waals surface area (Å²) in [5.41, 5.74) is 2.32. The van der Waals surface area contributed by atoms with E-state index in [2.05, 4.69) is 17.0 Å². The standard InChI is InChI=1S/C10H12NO/c1-11-7-9(12)6-8-4-2-3-5-10(8)11/h2-3,5,9,12H,6-7H2,1H3. The lowest BCUT2D eigenvalue weighted by Gasteiger charge is -2.30. The fraction of sp³-hybridized carbons (Fsp3) is 0.400. The van der Waals surface area contributed by atoms with Crippen LogP contribution >= 0.6 is 0 Å². The largest absolute Gasteiger partial charge is 0.391 e. The van der Waals surface area contributed by atoms with E-state index >= 15 is 0 Å². The quantitative estimate of drug-likeness (QED) is 0.611. The zero-order chi connectivity index (χ0) is 8.55. The minimum Gasteiger partial charge on any atom is -0.391 e. The van der Waals surface area contributed by atoms with E-state index in [1.165, 1.54) is 5.69 Å². The summed E-state index contributed by atoms with van der Waals surface area (Å²) in [6, 6.07) is 9.09. The third-order valence-corrected chi connectivity index (χ3v) is 2.25. The molecule has 0 spiro atoms. The van der Waals surface area contributed by atoms with Gasteiger partial charge in [0.1, 0.15) is 0 Å². The molecule has 12 heavy (non-hydrogen) atoms. The summed E-state index contributed by atoms with van der Waals surface area (Å²) in [6.45, 7) is 0.727. The van der Waals surface area contributed by atoms with Gasteiger partial charge in [-0.25, -0.2) is 0 Å². The molecule has 63 valence electrons. The highest BCUT2D eigenvalue weighted by molar-refractivity contribution is 5.54. The predicted octanol–water partition coefficient (Wildman–Crippen LogP) is 0.840. The van der Waals surface area contributed by atoms with Crippen molar-refractivity contribution in [1.29, 1.82) is 0 Å². The highest BCUT2D eigenvalue weighted by Gasteiger charge is 2.19. The van der Waals surface area contributed by atoms with Gasteiger partial charge in [0.05, 0.1) is 6.10 Å². The van der Waals surface area contributed by atoms with Crippen molar-refractivity contribution in [3.8, 4) is 0 Å². The Balaban J connectivity index is 2.40. The topological polar surface area (TPSA) is 23.5 Å². The van der Waals surface area contributed by atoms with E-state index < -0.39 is 0 Å². The van der Waals surface area contributed by atoms with Gasteiger partial charge >= 0.3 is 0 Å². The lowest BCUT2D eigenvalue weighted by atomic mass is 10.0. The first-order valence-electron chi connectivity index (χ1n) is 4.16. The predicted molar refractivity (Wildman–Crippen MR) is 48.3 cm³/mol. The molecule has 0 aliphatic carbocycles. The van der Waals surface area contributed by atoms with Gasteiger partial charge < -0.3 is 10.0 Å². The van der Waals surface area contributed by atoms with E-state index in [0.717, 1.165) is 18.5 Å². The van der Waals surface area contributed by atoms with E-state index in [1.54, 1.807) is 0 Å². The van der Waals surface area contributed by atoms with Crippen LogP contribution in [-0.2, 0) is 6.42 Å². The molecule has 1 aliphatic rings. The first kappa shape index (κ1) is 7.62. The first-order valence-corrected chi connectivity index (χ1v) is 4.16. The van der Waals surface area contributed by atoms with Crippen molar-refractivity contribution < 1.29 is 5.11 Å². The summed E-state index contributed by atoms with van der Waals surface area (Å²) >= 11 is 0. The molecule has 1 N–H and O–H groups in total. The van der Waals surface area contributed by atoms with Gasteiger partial charge in [0.25, 0.3) is 0 Å². The summed E-state index contributed by atoms with van der Waals surface area (Å²) in [5, 5.41) is 9.46. The first-order chi connectivity index (χ1) is 5.77. The van der Waals surface area contributed by atoms with Gasteiger partial charge in [0, 0.05) is 25.7 Å². The van der Waals surface area contributed by atoms with Crippen molar-refractivity contribution in [3.05, 3.63) is 29.8 Å². The van der Waals surface area contributed by atoms with Gasteiger partial charge in [-0.3, -0.25) is 0 Å². The van der Waals surface area contributed by atoms with Gasteiger partial charge in [-0.1, -0.05) is 12.1 Å². The third-order valence-electron chi connectivity index (χ3n) is 2.25. The Kier molecular flexibility index (Phi) is 1.77. The Hall–Kier alpha value is -1.02. The van der Waals surface area contributed by atoms with Crippen LogP contribution in [0.2, 0.25) is 0 Å². The molecular weight excluding hydrogens is 150 g/mol. The van der Waals surface area contributed by atoms with Crippen molar-refractivity contribution in [2.24, 2.45) is 0 Å². The van der Waals surface area contributed by atoms with E-state index in [1.807, 2.05) is 19.2 Å². The number of rotatable bonds is 0. The van der Waals surface area contributed by atoms with Crippen LogP contribution in [0.1, 0.15) is 5.56 Å². The van der Waals surface area contributed by atoms with Crippen LogP contribution in [0.15, 0.2) is 18.2 Å². The minimum atomic E-state index is -0.235. The van der Waals surface area contributed by atoms with Crippen LogP contribution < -0.4 is 4.90 Å². The third kappa shape index (κ3) is 1.18. The van der Waals surface area contributed by atoms with Crippen LogP contribution in [0, 0.1) is 6.07 Å². The molecule has 0 saturated carbocycles. The minimum absolute atomic E-state index is 0.235. The zero-order valence-corrected chi connectivity index (χ0v) is 7.12. The van der Waals surface area contributed by atoms with E-state index in [-0.39, 0.29) is 6.10 Å². The maximum Gasteiger partial charge on any atom is 0.0756 e. The second-order valence-electron chi connectivity index (χ2n) is 3.27. The highest BCUT2D eigenvalue weighted by atomic mass is 16.3. The van der Waals surface area contributed by atoms with Crippen LogP contribution in [-0.4, -0.2) is 24.8 Å². The maximum atomic E-state index is 9.46. The number of benzene rings is 1. The molecule has 0 fully saturated rings. The molecule has 1 aliphatic heterocycles. The number of aliphatic hydroxyl groups is 1. The number of anilines is 1. The number of hydrogen-bond donors (Lipinski definition) is 1. The summed E-state index contributed by atoms with van der Waals surface area (Å²) in [4.78, 5) is 2.07. The Morgan fingerprint density at radius 1 is 1.67 bits per heavy atom. The van der Waals surface area contributed by atoms with Crippen LogP contribution in [0.3, 0.4) is 0 Å². The summed E-state index contributed by atoms with van der Waals surface area (Å²) in [7, 11) is 2.00. The molecule has 0 saturated heterocycles. The van der Waals surface area contributed by atoms with E-state index in [0.29, 0.717) is 0 Å². The fourth-order valence-electron chi connectivity index (χ4n) is 1.70. The van der Waals surface area contributed by atoms with Gasteiger partial charge in [0.15, 0.2) is 0 Å². The Morgan fingerprint density at radius 3 is 3.33 bits per heavy atom. The number of aliphatic hydroxyl groups excluding tert-OH is 1. The number of β-amino-alcohol motifs (C(OH)–C–C–N with tert-alkyl or cyclic N) is 1. The fourth-order valence-corrected chi connectivity index (χ4v) is 1.70. The molecule has 0 bridgehead atoms. The average Bonchev–Trinajstić information content (AvgIpc) is 2.04. The van der Waals surface area contributed by atoms with Gasteiger partial charge in [-0.05, 0) is 17.7 Å². The molecule has 2 rings (SSSR count). The molecule has 2 nitrogen and oxygen atoms in total. The van der Waals surface area contributed by atoms with E-state index in [4.69, 9.17) is 0 Å². The molecule has 0 amide bonds. The summed E-state index contributed by atoms with van der Waals surface area (Å²) in [5.74, 6) is 0. The van der Waals surface area contributed by atoms with E-state index in [9.17, 15) is 5.11 Å². The number of nitrogens with zero attached hydrogens (tertiary/aromatic N) is 1. The highest BCUT2D eigenvalue weighted by Crippen LogP contribution is 2.24. The normalized spacial score (nSPS) is 22.2. The molecule has 1 aromatic rings. The molecule has 1 heterocycles. The van der Waals surface area contributed by atoms with Gasteiger partial charge in [-0.2, -0.15) is 0 Å². The van der Waals surface area contributed by atoms with Crippen molar-refractivity contribution in [2.45, 2.75) is 12.5 Å². The summed E-state index contributed by atoms with van der Waals surface area (Å²) < 4.78 is 0. The molecule has 0 aromatic heterocycles. The lowest BCUT2D eigenvalue weighted by Crippen LogP contribution is -2.35. The second-order valence-corrected chi connectivity index (χ2v) is 3.27. The lowest BCUT2D eigenvalue weighted by molar-refractivity contribution is 0.177. The van der Waals surface area contributed by atoms with Crippen molar-refractivity contribution in [1.82, 2.24) is 0 Å². The van der Waals surface area contributed by atoms with Crippen LogP contribution in [0.4, 0.5) is 5.69 Å². The second kappa shape index (κ2) is 2.79. The molecular formula is C10H12NO. The zero-order valence-electron chi connectivity index (χ0n) is 7.12. The Bertz CT molecular complexity index is 285. The monoisotopic (exact) mass is 162 g/mol. The van der Waals surface area contributed by atoms with Crippen LogP contribution in [0.5, 0.6) is 0 Å². The summed E-state index contributed by atoms with van der Waals surface area (Å²) in [6.07, 6.45) is 0.502. The molecule has 1 atom stereocenters. The molecule has 2 heteroatoms. The van der Waals surface area contributed by atoms with Crippen molar-refractivity contribution in [3.63, 3.8) is 0 Å². The molecule has 1 aromatic carbocycles. The number of fused-ring (bicyclic) bond motifs is 1. The SMILES string of the molecule is CN1CC(O)Cc2[c]cccc21. The van der Waals surface area contributed by atoms with Crippen molar-refractivity contribution in [2.75, 3.05) is 18.5 Å². The number of likely N-dealkylation sites (N-methyl/N-ethyl adjacent to an activating group) is 1. The number of hydrogen-bond acceptors (Lipinski definition) is 2. The van der Waals surface area contributed by atoms with Crippen molar-refractivity contribution >= 4 is 5.69 Å². The van der Waals surface area contributed by atoms with Gasteiger partial charge in [0.2, 0.25) is 0 Å². The van der Waals surface area contributed by atoms with Gasteiger partial charge in [-0.15, -0.1) is 0 Å². The Labute approximate surface area is 72.4 Å². The molecule has 1 radical (unpaired) electrons. The average molecular weight is 162 g/mol.